The molecule has 2 heteroatoms. The molecular weight excluding hydrogens is 367 g/mol. The Hall–Kier alpha value is -0.0600. The summed E-state index contributed by atoms with van der Waals surface area (Å²) < 4.78 is 0. The molecule has 27 heavy (non-hydrogen) atoms. The van der Waals surface area contributed by atoms with E-state index >= 15 is 0 Å². The van der Waals surface area contributed by atoms with Gasteiger partial charge in [0.1, 0.15) is 0 Å². The molecule has 1 aromatic rings. The molecule has 0 heterocycles. The summed E-state index contributed by atoms with van der Waals surface area (Å²) in [5.41, 5.74) is 1.48. The highest BCUT2D eigenvalue weighted by molar-refractivity contribution is 7.75. The third-order valence-corrected chi connectivity index (χ3v) is 11.0. The van der Waals surface area contributed by atoms with E-state index in [2.05, 4.69) is 71.9 Å². The molecule has 0 aliphatic heterocycles. The smallest absolute Gasteiger partial charge is 0.0594 e. The van der Waals surface area contributed by atoms with Crippen LogP contribution >= 0.6 is 7.26 Å². The van der Waals surface area contributed by atoms with Crippen molar-refractivity contribution in [2.45, 2.75) is 98.8 Å². The van der Waals surface area contributed by atoms with Crippen molar-refractivity contribution in [1.82, 2.24) is 0 Å². The molecule has 0 unspecified atom stereocenters. The highest BCUT2D eigenvalue weighted by atomic mass is 35.5. The Balaban J connectivity index is 0. The van der Waals surface area contributed by atoms with Gasteiger partial charge in [-0.3, -0.25) is 0 Å². The summed E-state index contributed by atoms with van der Waals surface area (Å²) in [4.78, 5) is 0. The Labute approximate surface area is 179 Å². The first-order valence-electron chi connectivity index (χ1n) is 11.5. The van der Waals surface area contributed by atoms with Crippen molar-refractivity contribution in [1.29, 1.82) is 0 Å². The van der Waals surface area contributed by atoms with Gasteiger partial charge in [0, 0.05) is 7.26 Å². The molecule has 1 rings (SSSR count). The SMILES string of the molecule is CCC(CC)c1ccccc1.CCCC[P+](CC)(CCCC)CCCC.[Cl-]. The van der Waals surface area contributed by atoms with Gasteiger partial charge >= 0.3 is 0 Å². The predicted molar refractivity (Wildman–Crippen MR) is 127 cm³/mol. The molecule has 1 aromatic carbocycles. The van der Waals surface area contributed by atoms with Crippen molar-refractivity contribution in [3.05, 3.63) is 35.9 Å². The van der Waals surface area contributed by atoms with Crippen molar-refractivity contribution in [2.75, 3.05) is 24.6 Å². The van der Waals surface area contributed by atoms with Gasteiger partial charge in [0.2, 0.25) is 0 Å². The molecule has 0 spiro atoms. The largest absolute Gasteiger partial charge is 1.00 e. The Morgan fingerprint density at radius 3 is 1.37 bits per heavy atom. The molecule has 160 valence electrons. The monoisotopic (exact) mass is 414 g/mol. The summed E-state index contributed by atoms with van der Waals surface area (Å²) in [6.07, 6.45) is 17.4. The Morgan fingerprint density at radius 1 is 0.667 bits per heavy atom. The van der Waals surface area contributed by atoms with Gasteiger partial charge in [-0.2, -0.15) is 0 Å². The van der Waals surface area contributed by atoms with Gasteiger partial charge in [0.05, 0.1) is 24.6 Å². The molecule has 0 bridgehead atoms. The molecular formula is C25H48ClP. The van der Waals surface area contributed by atoms with Crippen LogP contribution in [0.4, 0.5) is 0 Å². The van der Waals surface area contributed by atoms with Crippen LogP contribution < -0.4 is 12.4 Å². The Bertz CT molecular complexity index is 378. The van der Waals surface area contributed by atoms with Crippen molar-refractivity contribution in [3.63, 3.8) is 0 Å². The normalized spacial score (nSPS) is 10.9. The van der Waals surface area contributed by atoms with Crippen LogP contribution in [0.1, 0.15) is 104 Å². The van der Waals surface area contributed by atoms with Gasteiger partial charge in [-0.25, -0.2) is 0 Å². The lowest BCUT2D eigenvalue weighted by atomic mass is 9.94. The molecule has 0 atom stereocenters. The van der Waals surface area contributed by atoms with E-state index in [1.807, 2.05) is 0 Å². The van der Waals surface area contributed by atoms with Crippen molar-refractivity contribution in [3.8, 4) is 0 Å². The highest BCUT2D eigenvalue weighted by Gasteiger charge is 2.32. The van der Waals surface area contributed by atoms with Gasteiger partial charge in [-0.15, -0.1) is 0 Å². The third kappa shape index (κ3) is 12.9. The number of halogens is 1. The topological polar surface area (TPSA) is 0 Å². The van der Waals surface area contributed by atoms with E-state index in [-0.39, 0.29) is 12.4 Å². The van der Waals surface area contributed by atoms with Crippen LogP contribution in [0.5, 0.6) is 0 Å². The van der Waals surface area contributed by atoms with Crippen LogP contribution in [-0.2, 0) is 0 Å². The maximum absolute atomic E-state index is 2.45. The van der Waals surface area contributed by atoms with E-state index in [9.17, 15) is 0 Å². The zero-order chi connectivity index (χ0) is 19.7. The lowest BCUT2D eigenvalue weighted by Crippen LogP contribution is -3.00. The van der Waals surface area contributed by atoms with E-state index in [4.69, 9.17) is 0 Å². The molecule has 0 nitrogen and oxygen atoms in total. The van der Waals surface area contributed by atoms with E-state index in [1.54, 1.807) is 18.5 Å². The molecule has 0 aliphatic rings. The van der Waals surface area contributed by atoms with Gasteiger partial charge in [0.25, 0.3) is 0 Å². The first kappa shape index (κ1) is 29.1. The number of rotatable bonds is 13. The van der Waals surface area contributed by atoms with Crippen LogP contribution in [0.3, 0.4) is 0 Å². The summed E-state index contributed by atoms with van der Waals surface area (Å²) in [7, 11) is -0.527. The zero-order valence-electron chi connectivity index (χ0n) is 19.3. The van der Waals surface area contributed by atoms with E-state index in [0.29, 0.717) is 0 Å². The summed E-state index contributed by atoms with van der Waals surface area (Å²) in [6.45, 7) is 14.0. The van der Waals surface area contributed by atoms with Gasteiger partial charge in [-0.1, -0.05) is 84.2 Å². The Kier molecular flexibility index (Phi) is 20.8. The lowest BCUT2D eigenvalue weighted by Gasteiger charge is -2.26. The minimum absolute atomic E-state index is 0. The van der Waals surface area contributed by atoms with Gasteiger partial charge < -0.3 is 12.4 Å². The fourth-order valence-corrected chi connectivity index (χ4v) is 8.36. The average Bonchev–Trinajstić information content (AvgIpc) is 2.70. The van der Waals surface area contributed by atoms with Crippen LogP contribution in [-0.4, -0.2) is 24.6 Å². The minimum Gasteiger partial charge on any atom is -1.00 e. The molecule has 0 N–H and O–H groups in total. The van der Waals surface area contributed by atoms with Crippen LogP contribution in [0.25, 0.3) is 0 Å². The van der Waals surface area contributed by atoms with E-state index in [0.717, 1.165) is 5.92 Å². The maximum atomic E-state index is 2.45. The summed E-state index contributed by atoms with van der Waals surface area (Å²) in [6, 6.07) is 10.8. The molecule has 0 fully saturated rings. The van der Waals surface area contributed by atoms with Gasteiger partial charge in [-0.05, 0) is 50.5 Å². The number of hydrogen-bond acceptors (Lipinski definition) is 0. The predicted octanol–water partition coefficient (Wildman–Crippen LogP) is 6.02. The first-order chi connectivity index (χ1) is 12.6. The quantitative estimate of drug-likeness (QED) is 0.346. The van der Waals surface area contributed by atoms with Crippen molar-refractivity contribution in [2.24, 2.45) is 0 Å². The molecule has 0 radical (unpaired) electrons. The number of unbranched alkanes of at least 4 members (excludes halogenated alkanes) is 3. The minimum atomic E-state index is -0.527. The van der Waals surface area contributed by atoms with E-state index < -0.39 is 7.26 Å². The fraction of sp³-hybridized carbons (Fsp3) is 0.760. The average molecular weight is 415 g/mol. The van der Waals surface area contributed by atoms with Gasteiger partial charge in [0.15, 0.2) is 0 Å². The first-order valence-corrected chi connectivity index (χ1v) is 14.1. The van der Waals surface area contributed by atoms with Crippen molar-refractivity contribution < 1.29 is 12.4 Å². The lowest BCUT2D eigenvalue weighted by molar-refractivity contribution is -0.00000593. The second-order valence-corrected chi connectivity index (χ2v) is 12.5. The fourth-order valence-electron chi connectivity index (χ4n) is 3.78. The molecule has 0 saturated carbocycles. The Morgan fingerprint density at radius 2 is 1.07 bits per heavy atom. The standard InChI is InChI=1S/C14H32P.C11H16.ClH/c1-5-9-12-15(8-4,13-10-6-2)14-11-7-3;1-3-10(4-2)11-8-6-5-7-9-11;/h5-14H2,1-4H3;5-10H,3-4H2,1-2H3;1H/q+1;;/p-1. The second kappa shape index (κ2) is 19.3. The molecule has 0 saturated heterocycles. The van der Waals surface area contributed by atoms with E-state index in [1.165, 1.54) is 63.1 Å². The summed E-state index contributed by atoms with van der Waals surface area (Å²) in [5.74, 6) is 0.760. The number of hydrogen-bond donors (Lipinski definition) is 0. The zero-order valence-corrected chi connectivity index (χ0v) is 20.9. The van der Waals surface area contributed by atoms with Crippen LogP contribution in [0.15, 0.2) is 30.3 Å². The molecule has 0 aliphatic carbocycles. The molecule has 0 amide bonds. The third-order valence-electron chi connectivity index (χ3n) is 5.89. The van der Waals surface area contributed by atoms with Crippen LogP contribution in [0.2, 0.25) is 0 Å². The summed E-state index contributed by atoms with van der Waals surface area (Å²) >= 11 is 0. The maximum Gasteiger partial charge on any atom is 0.0594 e. The number of benzene rings is 1. The highest BCUT2D eigenvalue weighted by Crippen LogP contribution is 2.60. The second-order valence-electron chi connectivity index (χ2n) is 7.81. The molecule has 0 aromatic heterocycles. The van der Waals surface area contributed by atoms with Crippen LogP contribution in [0, 0.1) is 0 Å². The summed E-state index contributed by atoms with van der Waals surface area (Å²) in [5, 5.41) is 0. The van der Waals surface area contributed by atoms with Crippen molar-refractivity contribution >= 4 is 7.26 Å².